The van der Waals surface area contributed by atoms with Gasteiger partial charge in [0.15, 0.2) is 0 Å². The van der Waals surface area contributed by atoms with Crippen LogP contribution in [0.5, 0.6) is 0 Å². The molecule has 1 aromatic heterocycles. The molecular formula is C15H21N. The fourth-order valence-corrected chi connectivity index (χ4v) is 2.62. The Balaban J connectivity index is 2.55. The molecule has 0 aliphatic rings. The van der Waals surface area contributed by atoms with Gasteiger partial charge in [0.25, 0.3) is 0 Å². The fraction of sp³-hybridized carbons (Fsp3) is 0.467. The average Bonchev–Trinajstić information content (AvgIpc) is 2.57. The van der Waals surface area contributed by atoms with Gasteiger partial charge in [0.2, 0.25) is 0 Å². The number of aromatic nitrogens is 1. The summed E-state index contributed by atoms with van der Waals surface area (Å²) in [5.41, 5.74) is 4.21. The van der Waals surface area contributed by atoms with Crippen LogP contribution in [0.4, 0.5) is 0 Å². The Labute approximate surface area is 98.1 Å². The van der Waals surface area contributed by atoms with E-state index in [2.05, 4.69) is 56.8 Å². The van der Waals surface area contributed by atoms with Crippen molar-refractivity contribution in [2.45, 2.75) is 39.5 Å². The summed E-state index contributed by atoms with van der Waals surface area (Å²) in [6, 6.07) is 6.93. The molecule has 0 N–H and O–H groups in total. The van der Waals surface area contributed by atoms with Gasteiger partial charge in [-0.2, -0.15) is 0 Å². The molecule has 2 aromatic rings. The lowest BCUT2D eigenvalue weighted by molar-refractivity contribution is 0.642. The fourth-order valence-electron chi connectivity index (χ4n) is 2.62. The predicted molar refractivity (Wildman–Crippen MR) is 71.0 cm³/mol. The van der Waals surface area contributed by atoms with Crippen molar-refractivity contribution in [3.63, 3.8) is 0 Å². The molecule has 2 rings (SSSR count). The van der Waals surface area contributed by atoms with Crippen LogP contribution < -0.4 is 0 Å². The summed E-state index contributed by atoms with van der Waals surface area (Å²) in [6.45, 7) is 6.74. The lowest BCUT2D eigenvalue weighted by Gasteiger charge is -2.13. The minimum Gasteiger partial charge on any atom is -0.350 e. The average molecular weight is 215 g/mol. The number of hydrogen-bond donors (Lipinski definition) is 0. The zero-order chi connectivity index (χ0) is 11.7. The van der Waals surface area contributed by atoms with E-state index in [0.717, 1.165) is 0 Å². The molecular weight excluding hydrogens is 194 g/mol. The smallest absolute Gasteiger partial charge is 0.0480 e. The van der Waals surface area contributed by atoms with Crippen molar-refractivity contribution in [3.05, 3.63) is 35.5 Å². The molecule has 1 nitrogen and oxygen atoms in total. The normalized spacial score (nSPS) is 11.6. The van der Waals surface area contributed by atoms with Crippen LogP contribution in [0, 0.1) is 6.92 Å². The highest BCUT2D eigenvalue weighted by atomic mass is 14.9. The molecule has 0 spiro atoms. The van der Waals surface area contributed by atoms with E-state index in [1.807, 2.05) is 0 Å². The van der Waals surface area contributed by atoms with Gasteiger partial charge in [-0.3, -0.25) is 0 Å². The van der Waals surface area contributed by atoms with Crippen LogP contribution in [0.3, 0.4) is 0 Å². The van der Waals surface area contributed by atoms with Gasteiger partial charge in [-0.15, -0.1) is 0 Å². The van der Waals surface area contributed by atoms with Crippen LogP contribution in [0.1, 0.15) is 43.7 Å². The van der Waals surface area contributed by atoms with Gasteiger partial charge in [0.1, 0.15) is 0 Å². The Bertz CT molecular complexity index is 489. The second-order valence-electron chi connectivity index (χ2n) is 4.71. The summed E-state index contributed by atoms with van der Waals surface area (Å²) in [7, 11) is 2.12. The van der Waals surface area contributed by atoms with Gasteiger partial charge in [-0.1, -0.05) is 19.9 Å². The van der Waals surface area contributed by atoms with Crippen molar-refractivity contribution in [1.82, 2.24) is 4.57 Å². The maximum Gasteiger partial charge on any atom is 0.0480 e. The van der Waals surface area contributed by atoms with Gasteiger partial charge in [-0.05, 0) is 48.9 Å². The third-order valence-electron chi connectivity index (χ3n) is 3.67. The second kappa shape index (κ2) is 4.32. The van der Waals surface area contributed by atoms with Gasteiger partial charge in [-0.25, -0.2) is 0 Å². The zero-order valence-electron chi connectivity index (χ0n) is 10.7. The monoisotopic (exact) mass is 215 g/mol. The van der Waals surface area contributed by atoms with E-state index >= 15 is 0 Å². The molecule has 0 amide bonds. The van der Waals surface area contributed by atoms with E-state index in [1.54, 1.807) is 0 Å². The van der Waals surface area contributed by atoms with Crippen molar-refractivity contribution in [1.29, 1.82) is 0 Å². The van der Waals surface area contributed by atoms with Crippen LogP contribution in [-0.2, 0) is 7.05 Å². The van der Waals surface area contributed by atoms with Gasteiger partial charge >= 0.3 is 0 Å². The first kappa shape index (κ1) is 11.3. The molecule has 1 heteroatoms. The topological polar surface area (TPSA) is 4.93 Å². The SMILES string of the molecule is CCC(CC)c1ccc2c(c1)c(C)cn2C. The molecule has 0 saturated heterocycles. The summed E-state index contributed by atoms with van der Waals surface area (Å²) in [6.07, 6.45) is 4.67. The highest BCUT2D eigenvalue weighted by molar-refractivity contribution is 5.84. The largest absolute Gasteiger partial charge is 0.350 e. The molecule has 1 heterocycles. The Morgan fingerprint density at radius 2 is 1.88 bits per heavy atom. The van der Waals surface area contributed by atoms with Gasteiger partial charge < -0.3 is 4.57 Å². The molecule has 86 valence electrons. The first-order chi connectivity index (χ1) is 7.67. The number of rotatable bonds is 3. The molecule has 0 bridgehead atoms. The number of hydrogen-bond acceptors (Lipinski definition) is 0. The Morgan fingerprint density at radius 3 is 2.50 bits per heavy atom. The van der Waals surface area contributed by atoms with E-state index in [0.29, 0.717) is 5.92 Å². The Morgan fingerprint density at radius 1 is 1.19 bits per heavy atom. The highest BCUT2D eigenvalue weighted by Crippen LogP contribution is 2.28. The van der Waals surface area contributed by atoms with E-state index in [-0.39, 0.29) is 0 Å². The van der Waals surface area contributed by atoms with Crippen molar-refractivity contribution in [2.75, 3.05) is 0 Å². The van der Waals surface area contributed by atoms with Crippen LogP contribution in [0.15, 0.2) is 24.4 Å². The molecule has 0 saturated carbocycles. The minimum atomic E-state index is 0.712. The van der Waals surface area contributed by atoms with Gasteiger partial charge in [0, 0.05) is 24.1 Å². The summed E-state index contributed by atoms with van der Waals surface area (Å²) >= 11 is 0. The third-order valence-corrected chi connectivity index (χ3v) is 3.67. The molecule has 16 heavy (non-hydrogen) atoms. The molecule has 0 atom stereocenters. The Kier molecular flexibility index (Phi) is 3.04. The highest BCUT2D eigenvalue weighted by Gasteiger charge is 2.09. The first-order valence-electron chi connectivity index (χ1n) is 6.23. The van der Waals surface area contributed by atoms with E-state index in [9.17, 15) is 0 Å². The summed E-state index contributed by atoms with van der Waals surface area (Å²) in [5.74, 6) is 0.712. The summed E-state index contributed by atoms with van der Waals surface area (Å²) < 4.78 is 2.21. The van der Waals surface area contributed by atoms with E-state index in [1.165, 1.54) is 34.9 Å². The number of nitrogens with zero attached hydrogens (tertiary/aromatic N) is 1. The van der Waals surface area contributed by atoms with Crippen LogP contribution in [0.25, 0.3) is 10.9 Å². The molecule has 0 aliphatic heterocycles. The molecule has 0 unspecified atom stereocenters. The lowest BCUT2D eigenvalue weighted by atomic mass is 9.93. The molecule has 0 radical (unpaired) electrons. The lowest BCUT2D eigenvalue weighted by Crippen LogP contribution is -1.95. The summed E-state index contributed by atoms with van der Waals surface area (Å²) in [5, 5.41) is 1.41. The first-order valence-corrected chi connectivity index (χ1v) is 6.23. The number of fused-ring (bicyclic) bond motifs is 1. The quantitative estimate of drug-likeness (QED) is 0.715. The second-order valence-corrected chi connectivity index (χ2v) is 4.71. The number of benzene rings is 1. The maximum absolute atomic E-state index is 2.38. The molecule has 0 fully saturated rings. The van der Waals surface area contributed by atoms with Crippen molar-refractivity contribution < 1.29 is 0 Å². The molecule has 1 aromatic carbocycles. The van der Waals surface area contributed by atoms with Crippen molar-refractivity contribution in [2.24, 2.45) is 7.05 Å². The maximum atomic E-state index is 2.38. The number of aryl methyl sites for hydroxylation is 2. The van der Waals surface area contributed by atoms with Crippen LogP contribution in [-0.4, -0.2) is 4.57 Å². The zero-order valence-corrected chi connectivity index (χ0v) is 10.7. The minimum absolute atomic E-state index is 0.712. The summed E-state index contributed by atoms with van der Waals surface area (Å²) in [4.78, 5) is 0. The van der Waals surface area contributed by atoms with E-state index in [4.69, 9.17) is 0 Å². The standard InChI is InChI=1S/C15H21N/c1-5-12(6-2)13-7-8-15-14(9-13)11(3)10-16(15)4/h7-10,12H,5-6H2,1-4H3. The predicted octanol–water partition coefficient (Wildman–Crippen LogP) is 4.39. The molecule has 0 aliphatic carbocycles. The van der Waals surface area contributed by atoms with Crippen LogP contribution >= 0.6 is 0 Å². The van der Waals surface area contributed by atoms with Crippen LogP contribution in [0.2, 0.25) is 0 Å². The third kappa shape index (κ3) is 1.75. The van der Waals surface area contributed by atoms with Gasteiger partial charge in [0.05, 0.1) is 0 Å². The Hall–Kier alpha value is -1.24. The van der Waals surface area contributed by atoms with Crippen molar-refractivity contribution >= 4 is 10.9 Å². The van der Waals surface area contributed by atoms with E-state index < -0.39 is 0 Å². The van der Waals surface area contributed by atoms with Crippen molar-refractivity contribution in [3.8, 4) is 0 Å².